The lowest BCUT2D eigenvalue weighted by molar-refractivity contribution is -0.151. The molecule has 0 amide bonds. The second-order valence-electron chi connectivity index (χ2n) is 5.47. The minimum absolute atomic E-state index is 0.0874. The predicted octanol–water partition coefficient (Wildman–Crippen LogP) is 3.88. The molecule has 1 unspecified atom stereocenters. The van der Waals surface area contributed by atoms with Crippen LogP contribution in [0, 0.1) is 11.7 Å². The number of benzene rings is 1. The molecule has 0 aliphatic rings. The summed E-state index contributed by atoms with van der Waals surface area (Å²) in [4.78, 5) is 23.3. The first-order chi connectivity index (χ1) is 10.4. The van der Waals surface area contributed by atoms with Gasteiger partial charge in [-0.25, -0.2) is 4.39 Å². The number of carbonyl (C=O) groups is 2. The van der Waals surface area contributed by atoms with E-state index in [1.807, 2.05) is 20.8 Å². The van der Waals surface area contributed by atoms with Crippen molar-refractivity contribution in [3.05, 3.63) is 30.1 Å². The maximum atomic E-state index is 12.9. The number of rotatable bonds is 8. The summed E-state index contributed by atoms with van der Waals surface area (Å²) in [5, 5.41) is 0. The number of hydrogen-bond donors (Lipinski definition) is 0. The molecular formula is C17H23FO4. The number of hydrogen-bond acceptors (Lipinski definition) is 4. The normalized spacial score (nSPS) is 12.0. The van der Waals surface area contributed by atoms with Crippen molar-refractivity contribution >= 4 is 11.9 Å². The first-order valence-corrected chi connectivity index (χ1v) is 7.58. The summed E-state index contributed by atoms with van der Waals surface area (Å²) in [6.07, 6.45) is 1.28. The molecule has 0 radical (unpaired) electrons. The number of esters is 2. The van der Waals surface area contributed by atoms with E-state index in [-0.39, 0.29) is 36.6 Å². The zero-order chi connectivity index (χ0) is 16.5. The average molecular weight is 310 g/mol. The molecule has 0 saturated carbocycles. The van der Waals surface area contributed by atoms with Gasteiger partial charge in [-0.05, 0) is 30.9 Å². The van der Waals surface area contributed by atoms with E-state index in [2.05, 4.69) is 0 Å². The Kier molecular flexibility index (Phi) is 7.57. The lowest BCUT2D eigenvalue weighted by Gasteiger charge is -2.19. The summed E-state index contributed by atoms with van der Waals surface area (Å²) in [5.74, 6) is -0.827. The summed E-state index contributed by atoms with van der Waals surface area (Å²) < 4.78 is 23.3. The van der Waals surface area contributed by atoms with Gasteiger partial charge in [0.05, 0.1) is 0 Å². The Morgan fingerprint density at radius 2 is 1.86 bits per heavy atom. The van der Waals surface area contributed by atoms with Gasteiger partial charge < -0.3 is 9.47 Å². The molecule has 5 heteroatoms. The molecule has 4 nitrogen and oxygen atoms in total. The van der Waals surface area contributed by atoms with Gasteiger partial charge in [0.15, 0.2) is 0 Å². The smallest absolute Gasteiger partial charge is 0.311 e. The highest BCUT2D eigenvalue weighted by Crippen LogP contribution is 2.14. The highest BCUT2D eigenvalue weighted by molar-refractivity contribution is 5.74. The van der Waals surface area contributed by atoms with Crippen LogP contribution >= 0.6 is 0 Å². The second kappa shape index (κ2) is 9.18. The highest BCUT2D eigenvalue weighted by Gasteiger charge is 2.16. The highest BCUT2D eigenvalue weighted by atomic mass is 19.1. The fraction of sp³-hybridized carbons (Fsp3) is 0.529. The van der Waals surface area contributed by atoms with Crippen molar-refractivity contribution < 1.29 is 23.5 Å². The molecule has 0 aromatic heterocycles. The van der Waals surface area contributed by atoms with E-state index in [4.69, 9.17) is 9.47 Å². The van der Waals surface area contributed by atoms with Gasteiger partial charge in [-0.1, -0.05) is 26.8 Å². The van der Waals surface area contributed by atoms with E-state index in [9.17, 15) is 14.0 Å². The van der Waals surface area contributed by atoms with Crippen LogP contribution in [0.5, 0.6) is 5.75 Å². The molecule has 0 aliphatic heterocycles. The van der Waals surface area contributed by atoms with Gasteiger partial charge in [-0.2, -0.15) is 0 Å². The van der Waals surface area contributed by atoms with E-state index in [0.717, 1.165) is 12.5 Å². The Labute approximate surface area is 130 Å². The van der Waals surface area contributed by atoms with Crippen molar-refractivity contribution in [1.82, 2.24) is 0 Å². The Hall–Kier alpha value is -1.91. The molecule has 0 fully saturated rings. The molecule has 22 heavy (non-hydrogen) atoms. The van der Waals surface area contributed by atoms with Gasteiger partial charge in [0, 0.05) is 18.9 Å². The molecule has 1 atom stereocenters. The Morgan fingerprint density at radius 3 is 2.45 bits per heavy atom. The number of ether oxygens (including phenoxy) is 2. The van der Waals surface area contributed by atoms with Crippen molar-refractivity contribution in [2.75, 3.05) is 0 Å². The standard InChI is InChI=1S/C17H23FO4/c1-4-15(12(2)3)22-17(20)10-6-9-16(19)21-14-8-5-7-13(18)11-14/h5,7-8,11-12,15H,4,6,9-10H2,1-3H3. The van der Waals surface area contributed by atoms with Crippen molar-refractivity contribution in [2.45, 2.75) is 52.6 Å². The van der Waals surface area contributed by atoms with E-state index in [1.54, 1.807) is 0 Å². The first-order valence-electron chi connectivity index (χ1n) is 7.58. The van der Waals surface area contributed by atoms with Gasteiger partial charge >= 0.3 is 11.9 Å². The lowest BCUT2D eigenvalue weighted by Crippen LogP contribution is -2.22. The summed E-state index contributed by atoms with van der Waals surface area (Å²) in [5.41, 5.74) is 0. The summed E-state index contributed by atoms with van der Waals surface area (Å²) in [6, 6.07) is 5.38. The topological polar surface area (TPSA) is 52.6 Å². The lowest BCUT2D eigenvalue weighted by atomic mass is 10.1. The van der Waals surface area contributed by atoms with Crippen molar-refractivity contribution in [2.24, 2.45) is 5.92 Å². The maximum absolute atomic E-state index is 12.9. The molecule has 1 aromatic rings. The third kappa shape index (κ3) is 6.70. The number of carbonyl (C=O) groups excluding carboxylic acids is 2. The molecule has 0 bridgehead atoms. The molecule has 0 N–H and O–H groups in total. The van der Waals surface area contributed by atoms with Crippen LogP contribution in [0.4, 0.5) is 4.39 Å². The molecule has 0 heterocycles. The van der Waals surface area contributed by atoms with E-state index in [1.165, 1.54) is 18.2 Å². The second-order valence-corrected chi connectivity index (χ2v) is 5.47. The van der Waals surface area contributed by atoms with Gasteiger partial charge in [0.25, 0.3) is 0 Å². The fourth-order valence-corrected chi connectivity index (χ4v) is 2.01. The number of halogens is 1. The zero-order valence-corrected chi connectivity index (χ0v) is 13.3. The Morgan fingerprint density at radius 1 is 1.18 bits per heavy atom. The van der Waals surface area contributed by atoms with Gasteiger partial charge in [0.1, 0.15) is 17.7 Å². The van der Waals surface area contributed by atoms with Crippen LogP contribution in [0.25, 0.3) is 0 Å². The maximum Gasteiger partial charge on any atom is 0.311 e. The summed E-state index contributed by atoms with van der Waals surface area (Å²) in [7, 11) is 0. The Bertz CT molecular complexity index is 499. The van der Waals surface area contributed by atoms with Crippen LogP contribution in [-0.4, -0.2) is 18.0 Å². The van der Waals surface area contributed by atoms with Crippen molar-refractivity contribution in [3.8, 4) is 5.75 Å². The van der Waals surface area contributed by atoms with Crippen LogP contribution in [0.1, 0.15) is 46.5 Å². The average Bonchev–Trinajstić information content (AvgIpc) is 2.44. The molecule has 1 rings (SSSR count). The van der Waals surface area contributed by atoms with E-state index < -0.39 is 11.8 Å². The molecule has 1 aromatic carbocycles. The van der Waals surface area contributed by atoms with Gasteiger partial charge in [-0.15, -0.1) is 0 Å². The van der Waals surface area contributed by atoms with Crippen LogP contribution in [0.3, 0.4) is 0 Å². The third-order valence-electron chi connectivity index (χ3n) is 3.22. The molecule has 122 valence electrons. The minimum atomic E-state index is -0.491. The van der Waals surface area contributed by atoms with Gasteiger partial charge in [0.2, 0.25) is 0 Å². The van der Waals surface area contributed by atoms with Crippen molar-refractivity contribution in [3.63, 3.8) is 0 Å². The van der Waals surface area contributed by atoms with E-state index >= 15 is 0 Å². The minimum Gasteiger partial charge on any atom is -0.462 e. The molecular weight excluding hydrogens is 287 g/mol. The Balaban J connectivity index is 2.28. The van der Waals surface area contributed by atoms with Crippen LogP contribution in [0.15, 0.2) is 24.3 Å². The van der Waals surface area contributed by atoms with Crippen LogP contribution in [-0.2, 0) is 14.3 Å². The summed E-state index contributed by atoms with van der Waals surface area (Å²) in [6.45, 7) is 5.96. The monoisotopic (exact) mass is 310 g/mol. The zero-order valence-electron chi connectivity index (χ0n) is 13.3. The molecule has 0 spiro atoms. The summed E-state index contributed by atoms with van der Waals surface area (Å²) >= 11 is 0. The van der Waals surface area contributed by atoms with Crippen LogP contribution in [0.2, 0.25) is 0 Å². The molecule has 0 saturated heterocycles. The van der Waals surface area contributed by atoms with Gasteiger partial charge in [-0.3, -0.25) is 9.59 Å². The largest absolute Gasteiger partial charge is 0.462 e. The fourth-order valence-electron chi connectivity index (χ4n) is 2.01. The SMILES string of the molecule is CCC(OC(=O)CCCC(=O)Oc1cccc(F)c1)C(C)C. The third-order valence-corrected chi connectivity index (χ3v) is 3.22. The quantitative estimate of drug-likeness (QED) is 0.540. The van der Waals surface area contributed by atoms with Crippen molar-refractivity contribution in [1.29, 1.82) is 0 Å². The van der Waals surface area contributed by atoms with E-state index in [0.29, 0.717) is 6.42 Å². The first kappa shape index (κ1) is 18.1. The van der Waals surface area contributed by atoms with Crippen LogP contribution < -0.4 is 4.74 Å². The predicted molar refractivity (Wildman–Crippen MR) is 80.9 cm³/mol. The molecule has 0 aliphatic carbocycles.